The summed E-state index contributed by atoms with van der Waals surface area (Å²) in [5, 5.41) is 0. The van der Waals surface area contributed by atoms with Gasteiger partial charge in [0.25, 0.3) is 5.56 Å². The van der Waals surface area contributed by atoms with Crippen molar-refractivity contribution < 1.29 is 13.2 Å². The Labute approximate surface area is 165 Å². The van der Waals surface area contributed by atoms with Gasteiger partial charge in [0.15, 0.2) is 0 Å². The summed E-state index contributed by atoms with van der Waals surface area (Å²) in [5.41, 5.74) is 0.953. The third-order valence-corrected chi connectivity index (χ3v) is 7.62. The van der Waals surface area contributed by atoms with Gasteiger partial charge in [-0.25, -0.2) is 13.4 Å². The lowest BCUT2D eigenvalue weighted by Crippen LogP contribution is -2.39. The van der Waals surface area contributed by atoms with Crippen molar-refractivity contribution in [3.05, 3.63) is 27.4 Å². The molecular weight excluding hydrogens is 380 g/mol. The highest BCUT2D eigenvalue weighted by atomic mass is 32.2. The molecule has 1 aromatic rings. The summed E-state index contributed by atoms with van der Waals surface area (Å²) in [7, 11) is -3.32. The Morgan fingerprint density at radius 1 is 1.14 bits per heavy atom. The fourth-order valence-corrected chi connectivity index (χ4v) is 5.48. The molecule has 0 unspecified atom stereocenters. The van der Waals surface area contributed by atoms with Crippen LogP contribution in [0.1, 0.15) is 61.5 Å². The van der Waals surface area contributed by atoms with Crippen molar-refractivity contribution in [1.29, 1.82) is 0 Å². The number of rotatable bonds is 3. The summed E-state index contributed by atoms with van der Waals surface area (Å²) in [4.78, 5) is 34.8. The van der Waals surface area contributed by atoms with Gasteiger partial charge in [0.1, 0.15) is 5.82 Å². The topological polar surface area (TPSA) is 103 Å². The number of carbonyl (C=O) groups excluding carboxylic acids is 1. The Bertz CT molecular complexity index is 920. The Balaban J connectivity index is 1.50. The van der Waals surface area contributed by atoms with Gasteiger partial charge < -0.3 is 9.88 Å². The van der Waals surface area contributed by atoms with Crippen LogP contribution < -0.4 is 5.56 Å². The lowest BCUT2D eigenvalue weighted by Gasteiger charge is -2.27. The molecule has 1 amide bonds. The number of likely N-dealkylation sites (tertiary alicyclic amines) is 1. The van der Waals surface area contributed by atoms with E-state index in [1.807, 2.05) is 4.90 Å². The first kappa shape index (κ1) is 19.6. The summed E-state index contributed by atoms with van der Waals surface area (Å²) >= 11 is 0. The molecule has 1 aromatic heterocycles. The van der Waals surface area contributed by atoms with Crippen molar-refractivity contribution in [2.75, 3.05) is 25.9 Å². The molecule has 2 fully saturated rings. The zero-order chi connectivity index (χ0) is 19.9. The molecule has 4 rings (SSSR count). The molecule has 1 atom stereocenters. The van der Waals surface area contributed by atoms with Gasteiger partial charge in [0, 0.05) is 37.0 Å². The van der Waals surface area contributed by atoms with Crippen molar-refractivity contribution in [2.45, 2.75) is 57.4 Å². The van der Waals surface area contributed by atoms with E-state index in [9.17, 15) is 18.0 Å². The number of hydrogen-bond donors (Lipinski definition) is 1. The minimum atomic E-state index is -3.32. The molecule has 1 saturated carbocycles. The van der Waals surface area contributed by atoms with Crippen LogP contribution in [0.5, 0.6) is 0 Å². The van der Waals surface area contributed by atoms with Crippen LogP contribution in [-0.2, 0) is 27.8 Å². The van der Waals surface area contributed by atoms with Crippen LogP contribution in [-0.4, -0.2) is 59.4 Å². The monoisotopic (exact) mass is 408 g/mol. The predicted octanol–water partition coefficient (Wildman–Crippen LogP) is 0.984. The summed E-state index contributed by atoms with van der Waals surface area (Å²) in [5.74, 6) is 0.967. The number of H-pyrrole nitrogens is 1. The Kier molecular flexibility index (Phi) is 5.30. The smallest absolute Gasteiger partial charge is 0.254 e. The molecule has 28 heavy (non-hydrogen) atoms. The van der Waals surface area contributed by atoms with E-state index in [4.69, 9.17) is 0 Å². The number of aromatic nitrogens is 2. The highest BCUT2D eigenvalue weighted by Gasteiger charge is 2.34. The molecule has 1 aliphatic carbocycles. The first-order valence-electron chi connectivity index (χ1n) is 10.2. The Morgan fingerprint density at radius 3 is 2.61 bits per heavy atom. The molecule has 3 aliphatic rings. The molecule has 0 aromatic carbocycles. The van der Waals surface area contributed by atoms with E-state index in [1.165, 1.54) is 17.0 Å². The Morgan fingerprint density at radius 2 is 1.89 bits per heavy atom. The van der Waals surface area contributed by atoms with Crippen LogP contribution in [0, 0.1) is 5.92 Å². The SMILES string of the molecule is CS(=O)(=O)N1CCc2c(nc([C@H]3CCN(C(=O)C4CCCCC4)C3)[nH]c2=O)C1. The molecule has 0 bridgehead atoms. The average molecular weight is 409 g/mol. The van der Waals surface area contributed by atoms with Gasteiger partial charge in [-0.15, -0.1) is 0 Å². The predicted molar refractivity (Wildman–Crippen MR) is 104 cm³/mol. The van der Waals surface area contributed by atoms with Crippen molar-refractivity contribution >= 4 is 15.9 Å². The first-order chi connectivity index (χ1) is 13.3. The fraction of sp³-hybridized carbons (Fsp3) is 0.737. The maximum Gasteiger partial charge on any atom is 0.254 e. The van der Waals surface area contributed by atoms with E-state index in [-0.39, 0.29) is 29.8 Å². The molecule has 8 nitrogen and oxygen atoms in total. The molecule has 0 spiro atoms. The van der Waals surface area contributed by atoms with Crippen molar-refractivity contribution in [3.8, 4) is 0 Å². The van der Waals surface area contributed by atoms with E-state index in [0.29, 0.717) is 43.1 Å². The van der Waals surface area contributed by atoms with Crippen molar-refractivity contribution in [1.82, 2.24) is 19.2 Å². The number of fused-ring (bicyclic) bond motifs is 1. The zero-order valence-corrected chi connectivity index (χ0v) is 17.1. The average Bonchev–Trinajstić information content (AvgIpc) is 3.17. The lowest BCUT2D eigenvalue weighted by atomic mass is 9.88. The van der Waals surface area contributed by atoms with Gasteiger partial charge in [-0.3, -0.25) is 9.59 Å². The van der Waals surface area contributed by atoms with Crippen LogP contribution in [0.3, 0.4) is 0 Å². The van der Waals surface area contributed by atoms with Crippen LogP contribution in [0.2, 0.25) is 0 Å². The van der Waals surface area contributed by atoms with Gasteiger partial charge in [-0.2, -0.15) is 4.31 Å². The van der Waals surface area contributed by atoms with Crippen molar-refractivity contribution in [2.24, 2.45) is 5.92 Å². The summed E-state index contributed by atoms with van der Waals surface area (Å²) in [6.45, 7) is 1.72. The molecule has 9 heteroatoms. The first-order valence-corrected chi connectivity index (χ1v) is 12.0. The van der Waals surface area contributed by atoms with E-state index in [1.54, 1.807) is 0 Å². The number of aromatic amines is 1. The third kappa shape index (κ3) is 3.87. The van der Waals surface area contributed by atoms with Gasteiger partial charge in [0.2, 0.25) is 15.9 Å². The lowest BCUT2D eigenvalue weighted by molar-refractivity contribution is -0.135. The maximum absolute atomic E-state index is 12.8. The van der Waals surface area contributed by atoms with Crippen LogP contribution in [0.25, 0.3) is 0 Å². The quantitative estimate of drug-likeness (QED) is 0.803. The van der Waals surface area contributed by atoms with E-state index in [2.05, 4.69) is 9.97 Å². The molecule has 154 valence electrons. The minimum Gasteiger partial charge on any atom is -0.342 e. The minimum absolute atomic E-state index is 0.000786. The summed E-state index contributed by atoms with van der Waals surface area (Å²) < 4.78 is 25.1. The highest BCUT2D eigenvalue weighted by molar-refractivity contribution is 7.88. The van der Waals surface area contributed by atoms with Crippen molar-refractivity contribution in [3.63, 3.8) is 0 Å². The van der Waals surface area contributed by atoms with Crippen LogP contribution in [0.4, 0.5) is 0 Å². The van der Waals surface area contributed by atoms with Gasteiger partial charge in [-0.1, -0.05) is 19.3 Å². The summed E-state index contributed by atoms with van der Waals surface area (Å²) in [6.07, 6.45) is 7.77. The molecule has 1 saturated heterocycles. The number of hydrogen-bond acceptors (Lipinski definition) is 5. The molecule has 3 heterocycles. The zero-order valence-electron chi connectivity index (χ0n) is 16.3. The number of carbonyl (C=O) groups is 1. The highest BCUT2D eigenvalue weighted by Crippen LogP contribution is 2.30. The second kappa shape index (κ2) is 7.59. The summed E-state index contributed by atoms with van der Waals surface area (Å²) in [6, 6.07) is 0. The van der Waals surface area contributed by atoms with Gasteiger partial charge in [0.05, 0.1) is 18.5 Å². The Hall–Kier alpha value is -1.74. The van der Waals surface area contributed by atoms with E-state index in [0.717, 1.165) is 32.1 Å². The molecule has 0 radical (unpaired) electrons. The number of nitrogens with zero attached hydrogens (tertiary/aromatic N) is 3. The van der Waals surface area contributed by atoms with Crippen LogP contribution >= 0.6 is 0 Å². The molecule has 1 N–H and O–H groups in total. The number of amides is 1. The third-order valence-electron chi connectivity index (χ3n) is 6.37. The largest absolute Gasteiger partial charge is 0.342 e. The molecule has 2 aliphatic heterocycles. The maximum atomic E-state index is 12.8. The number of nitrogens with one attached hydrogen (secondary N) is 1. The number of sulfonamides is 1. The normalized spacial score (nSPS) is 24.3. The fourth-order valence-electron chi connectivity index (χ4n) is 4.70. The molecular formula is C19H28N4O4S. The van der Waals surface area contributed by atoms with E-state index < -0.39 is 10.0 Å². The van der Waals surface area contributed by atoms with E-state index >= 15 is 0 Å². The standard InChI is InChI=1S/C19H28N4O4S/c1-28(26,27)23-10-8-15-16(12-23)20-17(21-18(15)24)14-7-9-22(11-14)19(25)13-5-3-2-4-6-13/h13-14H,2-12H2,1H3,(H,20,21,24)/t14-/m0/s1. The van der Waals surface area contributed by atoms with Gasteiger partial charge >= 0.3 is 0 Å². The van der Waals surface area contributed by atoms with Gasteiger partial charge in [-0.05, 0) is 25.7 Å². The second-order valence-electron chi connectivity index (χ2n) is 8.33. The van der Waals surface area contributed by atoms with Crippen LogP contribution in [0.15, 0.2) is 4.79 Å². The second-order valence-corrected chi connectivity index (χ2v) is 10.3.